The zero-order valence-electron chi connectivity index (χ0n) is 21.5. The largest absolute Gasteiger partial charge is 0.365 e. The van der Waals surface area contributed by atoms with E-state index in [1.54, 1.807) is 0 Å². The molecule has 0 aromatic heterocycles. The second-order valence-corrected chi connectivity index (χ2v) is 16.1. The molecule has 184 valence electrons. The van der Waals surface area contributed by atoms with Gasteiger partial charge in [0, 0.05) is 11.7 Å². The second-order valence-electron chi connectivity index (χ2n) is 13.8. The molecule has 4 heteroatoms. The highest BCUT2D eigenvalue weighted by molar-refractivity contribution is 7.91. The van der Waals surface area contributed by atoms with Gasteiger partial charge in [-0.2, -0.15) is 0 Å². The van der Waals surface area contributed by atoms with Gasteiger partial charge in [-0.3, -0.25) is 0 Å². The fourth-order valence-electron chi connectivity index (χ4n) is 10.1. The predicted molar refractivity (Wildman–Crippen MR) is 131 cm³/mol. The van der Waals surface area contributed by atoms with Crippen LogP contribution in [0.5, 0.6) is 0 Å². The van der Waals surface area contributed by atoms with Crippen molar-refractivity contribution in [1.82, 2.24) is 0 Å². The molecule has 3 unspecified atom stereocenters. The minimum absolute atomic E-state index is 0.00520. The molecule has 4 aliphatic carbocycles. The Morgan fingerprint density at radius 1 is 0.969 bits per heavy atom. The summed E-state index contributed by atoms with van der Waals surface area (Å²) in [5, 5.41) is -0.160. The van der Waals surface area contributed by atoms with Crippen molar-refractivity contribution >= 4 is 9.84 Å². The molecule has 32 heavy (non-hydrogen) atoms. The highest BCUT2D eigenvalue weighted by Crippen LogP contribution is 2.74. The van der Waals surface area contributed by atoms with Crippen molar-refractivity contribution in [2.24, 2.45) is 46.3 Å². The van der Waals surface area contributed by atoms with Crippen LogP contribution >= 0.6 is 0 Å². The molecule has 0 bridgehead atoms. The highest BCUT2D eigenvalue weighted by atomic mass is 32.2. The molecular weight excluding hydrogens is 416 g/mol. The van der Waals surface area contributed by atoms with E-state index in [1.807, 2.05) is 0 Å². The van der Waals surface area contributed by atoms with Crippen LogP contribution in [0.4, 0.5) is 0 Å². The van der Waals surface area contributed by atoms with E-state index in [2.05, 4.69) is 34.6 Å². The zero-order valence-corrected chi connectivity index (χ0v) is 22.3. The maximum atomic E-state index is 12.5. The fourth-order valence-corrected chi connectivity index (χ4v) is 11.3. The first-order valence-electron chi connectivity index (χ1n) is 13.8. The molecule has 0 N–H and O–H groups in total. The molecule has 0 amide bonds. The lowest BCUT2D eigenvalue weighted by molar-refractivity contribution is -0.0994. The standard InChI is InChI=1S/C28H48O3S/c1-18(2)8-7-9-19(3)22-10-11-23-21-16-25-28(31-25)15-12-20(32(6,29)30)17-27(28,5)24(21)13-14-26(22,23)4/h18-25H,7-17H2,1-6H3/t19-,20?,21+,22-,23+,24+,25?,26-,27-,28?/m1/s1. The summed E-state index contributed by atoms with van der Waals surface area (Å²) in [5.74, 6) is 4.73. The van der Waals surface area contributed by atoms with E-state index in [4.69, 9.17) is 4.74 Å². The quantitative estimate of drug-likeness (QED) is 0.413. The predicted octanol–water partition coefficient (Wildman–Crippen LogP) is 6.65. The van der Waals surface area contributed by atoms with E-state index in [-0.39, 0.29) is 16.3 Å². The molecule has 0 aromatic rings. The van der Waals surface area contributed by atoms with Crippen LogP contribution in [-0.2, 0) is 14.6 Å². The SMILES string of the molecule is CC(C)CCC[C@@H](C)[C@H]1CC[C@H]2[C@@H]3CC4OC45CCC(S(C)(=O)=O)C[C@]5(C)[C@H]3CC[C@]12C. The summed E-state index contributed by atoms with van der Waals surface area (Å²) in [7, 11) is -2.98. The summed E-state index contributed by atoms with van der Waals surface area (Å²) in [6.07, 6.45) is 15.3. The van der Waals surface area contributed by atoms with E-state index in [0.29, 0.717) is 17.4 Å². The Kier molecular flexibility index (Phi) is 5.69. The van der Waals surface area contributed by atoms with E-state index in [0.717, 1.165) is 48.9 Å². The number of sulfone groups is 1. The smallest absolute Gasteiger partial charge is 0.150 e. The first-order valence-corrected chi connectivity index (χ1v) is 15.7. The van der Waals surface area contributed by atoms with Crippen molar-refractivity contribution in [3.63, 3.8) is 0 Å². The molecule has 4 saturated carbocycles. The molecule has 10 atom stereocenters. The lowest BCUT2D eigenvalue weighted by Gasteiger charge is -2.59. The average Bonchev–Trinajstić information content (AvgIpc) is 3.28. The summed E-state index contributed by atoms with van der Waals surface area (Å²) < 4.78 is 31.6. The van der Waals surface area contributed by atoms with Gasteiger partial charge >= 0.3 is 0 Å². The van der Waals surface area contributed by atoms with Crippen molar-refractivity contribution < 1.29 is 13.2 Å². The van der Waals surface area contributed by atoms with E-state index >= 15 is 0 Å². The van der Waals surface area contributed by atoms with E-state index in [1.165, 1.54) is 57.6 Å². The zero-order chi connectivity index (χ0) is 23.1. The average molecular weight is 465 g/mol. The van der Waals surface area contributed by atoms with Gasteiger partial charge in [0.25, 0.3) is 0 Å². The summed E-state index contributed by atoms with van der Waals surface area (Å²) in [6.45, 7) is 12.3. The Morgan fingerprint density at radius 3 is 2.41 bits per heavy atom. The number of hydrogen-bond acceptors (Lipinski definition) is 3. The molecule has 5 aliphatic rings. The van der Waals surface area contributed by atoms with Crippen LogP contribution < -0.4 is 0 Å². The number of rotatable bonds is 6. The van der Waals surface area contributed by atoms with Gasteiger partial charge in [0.1, 0.15) is 15.4 Å². The normalized spacial score (nSPS) is 50.8. The first-order chi connectivity index (χ1) is 14.9. The summed E-state index contributed by atoms with van der Waals surface area (Å²) >= 11 is 0. The van der Waals surface area contributed by atoms with Crippen LogP contribution in [0.3, 0.4) is 0 Å². The molecule has 1 aliphatic heterocycles. The van der Waals surface area contributed by atoms with Gasteiger partial charge in [0.15, 0.2) is 0 Å². The van der Waals surface area contributed by atoms with Crippen LogP contribution in [0.15, 0.2) is 0 Å². The van der Waals surface area contributed by atoms with Crippen molar-refractivity contribution in [2.45, 2.75) is 122 Å². The lowest BCUT2D eigenvalue weighted by Crippen LogP contribution is -2.59. The van der Waals surface area contributed by atoms with Crippen LogP contribution in [0, 0.1) is 46.3 Å². The van der Waals surface area contributed by atoms with Gasteiger partial charge < -0.3 is 4.74 Å². The van der Waals surface area contributed by atoms with Gasteiger partial charge in [-0.1, -0.05) is 53.9 Å². The first kappa shape index (κ1) is 23.6. The van der Waals surface area contributed by atoms with Gasteiger partial charge in [-0.15, -0.1) is 0 Å². The van der Waals surface area contributed by atoms with Gasteiger partial charge in [-0.25, -0.2) is 8.42 Å². The monoisotopic (exact) mass is 464 g/mol. The molecule has 5 rings (SSSR count). The Hall–Kier alpha value is -0.0900. The highest BCUT2D eigenvalue weighted by Gasteiger charge is 2.76. The van der Waals surface area contributed by atoms with Crippen LogP contribution in [0.1, 0.15) is 105 Å². The maximum Gasteiger partial charge on any atom is 0.150 e. The Morgan fingerprint density at radius 2 is 1.72 bits per heavy atom. The third-order valence-electron chi connectivity index (χ3n) is 11.8. The minimum atomic E-state index is -2.98. The van der Waals surface area contributed by atoms with Crippen LogP contribution in [0.2, 0.25) is 0 Å². The lowest BCUT2D eigenvalue weighted by atomic mass is 9.44. The van der Waals surface area contributed by atoms with Gasteiger partial charge in [0.05, 0.1) is 11.4 Å². The fraction of sp³-hybridized carbons (Fsp3) is 1.00. The molecule has 0 radical (unpaired) electrons. The molecule has 0 aromatic carbocycles. The number of hydrogen-bond donors (Lipinski definition) is 0. The topological polar surface area (TPSA) is 46.7 Å². The number of ether oxygens (including phenoxy) is 1. The summed E-state index contributed by atoms with van der Waals surface area (Å²) in [6, 6.07) is 0. The van der Waals surface area contributed by atoms with E-state index < -0.39 is 9.84 Å². The number of epoxide rings is 1. The molecule has 1 saturated heterocycles. The third kappa shape index (κ3) is 3.39. The van der Waals surface area contributed by atoms with Crippen molar-refractivity contribution in [3.8, 4) is 0 Å². The van der Waals surface area contributed by atoms with Gasteiger partial charge in [-0.05, 0) is 92.3 Å². The van der Waals surface area contributed by atoms with Gasteiger partial charge in [0.2, 0.25) is 0 Å². The number of fused-ring (bicyclic) bond motifs is 4. The van der Waals surface area contributed by atoms with Crippen molar-refractivity contribution in [1.29, 1.82) is 0 Å². The molecule has 1 spiro atoms. The minimum Gasteiger partial charge on any atom is -0.365 e. The molecule has 3 nitrogen and oxygen atoms in total. The maximum absolute atomic E-state index is 12.5. The molecule has 5 fully saturated rings. The third-order valence-corrected chi connectivity index (χ3v) is 13.4. The van der Waals surface area contributed by atoms with Crippen molar-refractivity contribution in [2.75, 3.05) is 6.26 Å². The Balaban J connectivity index is 1.36. The Labute approximate surface area is 197 Å². The Bertz CT molecular complexity index is 836. The van der Waals surface area contributed by atoms with Crippen LogP contribution in [0.25, 0.3) is 0 Å². The van der Waals surface area contributed by atoms with Crippen LogP contribution in [-0.4, -0.2) is 31.6 Å². The molecular formula is C28H48O3S. The second kappa shape index (κ2) is 7.70. The molecule has 1 heterocycles. The van der Waals surface area contributed by atoms with E-state index in [9.17, 15) is 8.42 Å². The summed E-state index contributed by atoms with van der Waals surface area (Å²) in [4.78, 5) is 0. The summed E-state index contributed by atoms with van der Waals surface area (Å²) in [5.41, 5.74) is 0.536. The van der Waals surface area contributed by atoms with Crippen molar-refractivity contribution in [3.05, 3.63) is 0 Å².